The highest BCUT2D eigenvalue weighted by molar-refractivity contribution is 6.36. The third-order valence-electron chi connectivity index (χ3n) is 5.28. The summed E-state index contributed by atoms with van der Waals surface area (Å²) in [6, 6.07) is 10.9. The van der Waals surface area contributed by atoms with Crippen LogP contribution >= 0.6 is 34.8 Å². The van der Waals surface area contributed by atoms with Gasteiger partial charge in [0.1, 0.15) is 0 Å². The summed E-state index contributed by atoms with van der Waals surface area (Å²) in [6.07, 6.45) is 3.35. The fourth-order valence-corrected chi connectivity index (χ4v) is 4.31. The second-order valence-corrected chi connectivity index (χ2v) is 8.25. The number of hydrogen-bond donors (Lipinski definition) is 1. The molecule has 0 radical (unpaired) electrons. The third kappa shape index (κ3) is 3.30. The average Bonchev–Trinajstić information content (AvgIpc) is 2.94. The molecule has 7 heteroatoms. The van der Waals surface area contributed by atoms with Crippen LogP contribution in [-0.4, -0.2) is 20.9 Å². The van der Waals surface area contributed by atoms with Crippen molar-refractivity contribution in [1.82, 2.24) is 9.78 Å². The molecule has 2 aromatic carbocycles. The van der Waals surface area contributed by atoms with Crippen LogP contribution < -0.4 is 0 Å². The Hall–Kier alpha value is -2.01. The summed E-state index contributed by atoms with van der Waals surface area (Å²) in [6.45, 7) is 1.74. The molecule has 0 amide bonds. The van der Waals surface area contributed by atoms with Gasteiger partial charge in [-0.25, -0.2) is 9.48 Å². The van der Waals surface area contributed by atoms with Crippen molar-refractivity contribution < 1.29 is 9.90 Å². The van der Waals surface area contributed by atoms with E-state index in [-0.39, 0.29) is 5.69 Å². The van der Waals surface area contributed by atoms with Gasteiger partial charge >= 0.3 is 5.97 Å². The number of hydrogen-bond acceptors (Lipinski definition) is 2. The van der Waals surface area contributed by atoms with E-state index in [1.54, 1.807) is 29.8 Å². The average molecular weight is 436 g/mol. The zero-order valence-corrected chi connectivity index (χ0v) is 17.3. The molecule has 4 rings (SSSR count). The van der Waals surface area contributed by atoms with Gasteiger partial charge in [0.2, 0.25) is 0 Å². The number of aromatic carboxylic acids is 1. The lowest BCUT2D eigenvalue weighted by molar-refractivity contribution is 0.0689. The monoisotopic (exact) mass is 434 g/mol. The molecule has 28 heavy (non-hydrogen) atoms. The predicted octanol–water partition coefficient (Wildman–Crippen LogP) is 6.77. The first-order valence-electron chi connectivity index (χ1n) is 8.95. The van der Waals surface area contributed by atoms with Crippen molar-refractivity contribution in [2.75, 3.05) is 0 Å². The van der Waals surface area contributed by atoms with Crippen molar-refractivity contribution in [3.63, 3.8) is 0 Å². The maximum atomic E-state index is 11.7. The number of benzene rings is 2. The highest BCUT2D eigenvalue weighted by atomic mass is 35.5. The highest BCUT2D eigenvalue weighted by Crippen LogP contribution is 2.43. The molecule has 0 atom stereocenters. The summed E-state index contributed by atoms with van der Waals surface area (Å²) in [7, 11) is 0. The molecule has 1 N–H and O–H groups in total. The van der Waals surface area contributed by atoms with Crippen molar-refractivity contribution in [2.24, 2.45) is 0 Å². The summed E-state index contributed by atoms with van der Waals surface area (Å²) >= 11 is 19.0. The molecule has 3 aromatic rings. The number of carbonyl (C=O) groups is 1. The minimum Gasteiger partial charge on any atom is -0.476 e. The Morgan fingerprint density at radius 2 is 1.79 bits per heavy atom. The van der Waals surface area contributed by atoms with Crippen LogP contribution in [0.15, 0.2) is 36.4 Å². The van der Waals surface area contributed by atoms with Crippen LogP contribution in [0, 0.1) is 6.92 Å². The molecule has 4 nitrogen and oxygen atoms in total. The molecule has 0 bridgehead atoms. The molecule has 0 aliphatic heterocycles. The molecule has 144 valence electrons. The Labute approximate surface area is 177 Å². The van der Waals surface area contributed by atoms with Gasteiger partial charge in [-0.2, -0.15) is 5.10 Å². The summed E-state index contributed by atoms with van der Waals surface area (Å²) in [5.74, 6) is -0.686. The molecule has 1 aliphatic carbocycles. The van der Waals surface area contributed by atoms with Crippen molar-refractivity contribution in [2.45, 2.75) is 32.1 Å². The van der Waals surface area contributed by atoms with Gasteiger partial charge in [0.25, 0.3) is 0 Å². The summed E-state index contributed by atoms with van der Waals surface area (Å²) < 4.78 is 1.60. The van der Waals surface area contributed by atoms with Crippen molar-refractivity contribution >= 4 is 40.8 Å². The molecule has 1 fully saturated rings. The fraction of sp³-hybridized carbons (Fsp3) is 0.238. The molecule has 1 aromatic heterocycles. The predicted molar refractivity (Wildman–Crippen MR) is 112 cm³/mol. The Kier molecular flexibility index (Phi) is 5.13. The van der Waals surface area contributed by atoms with E-state index >= 15 is 0 Å². The van der Waals surface area contributed by atoms with Crippen molar-refractivity contribution in [3.8, 4) is 16.9 Å². The standard InChI is InChI=1S/C21H17Cl3N2O2/c1-11-19(21(27)28)25-26(20(11)13-5-7-14(22)8-6-13)18-9-15(12-3-2-4-12)16(23)10-17(18)24/h5-10,12H,2-4H2,1H3,(H,27,28). The van der Waals surface area contributed by atoms with Crippen LogP contribution in [0.3, 0.4) is 0 Å². The fourth-order valence-electron chi connectivity index (χ4n) is 3.57. The minimum absolute atomic E-state index is 0.0128. The zero-order chi connectivity index (χ0) is 20.0. The van der Waals surface area contributed by atoms with Gasteiger partial charge in [-0.05, 0) is 55.5 Å². The number of rotatable bonds is 4. The Bertz CT molecular complexity index is 1070. The van der Waals surface area contributed by atoms with Gasteiger partial charge in [-0.3, -0.25) is 0 Å². The van der Waals surface area contributed by atoms with Crippen LogP contribution in [-0.2, 0) is 0 Å². The van der Waals surface area contributed by atoms with E-state index < -0.39 is 5.97 Å². The molecule has 0 saturated heterocycles. The van der Waals surface area contributed by atoms with Gasteiger partial charge in [-0.15, -0.1) is 0 Å². The normalized spacial score (nSPS) is 14.1. The van der Waals surface area contributed by atoms with Gasteiger partial charge in [0, 0.05) is 21.2 Å². The summed E-state index contributed by atoms with van der Waals surface area (Å²) in [5, 5.41) is 15.6. The zero-order valence-electron chi connectivity index (χ0n) is 15.0. The molecule has 0 spiro atoms. The first kappa shape index (κ1) is 19.3. The maximum absolute atomic E-state index is 11.7. The smallest absolute Gasteiger partial charge is 0.356 e. The first-order valence-corrected chi connectivity index (χ1v) is 10.1. The first-order chi connectivity index (χ1) is 13.4. The second-order valence-electron chi connectivity index (χ2n) is 7.00. The molecular formula is C21H17Cl3N2O2. The lowest BCUT2D eigenvalue weighted by Crippen LogP contribution is -2.11. The molecule has 0 unspecified atom stereocenters. The summed E-state index contributed by atoms with van der Waals surface area (Å²) in [4.78, 5) is 11.7. The van der Waals surface area contributed by atoms with Crippen LogP contribution in [0.4, 0.5) is 0 Å². The van der Waals surface area contributed by atoms with E-state index in [4.69, 9.17) is 34.8 Å². The lowest BCUT2D eigenvalue weighted by atomic mass is 9.80. The molecule has 1 heterocycles. The molecule has 1 saturated carbocycles. The van der Waals surface area contributed by atoms with E-state index in [9.17, 15) is 9.90 Å². The van der Waals surface area contributed by atoms with Crippen LogP contribution in [0.5, 0.6) is 0 Å². The van der Waals surface area contributed by atoms with E-state index in [1.807, 2.05) is 18.2 Å². The van der Waals surface area contributed by atoms with Crippen LogP contribution in [0.1, 0.15) is 46.8 Å². The van der Waals surface area contributed by atoms with Gasteiger partial charge in [-0.1, -0.05) is 53.4 Å². The number of carboxylic acid groups (broad SMARTS) is 1. The van der Waals surface area contributed by atoms with Gasteiger partial charge in [0.05, 0.1) is 16.4 Å². The van der Waals surface area contributed by atoms with Crippen LogP contribution in [0.25, 0.3) is 16.9 Å². The van der Waals surface area contributed by atoms with E-state index in [0.717, 1.165) is 24.0 Å². The number of nitrogens with zero attached hydrogens (tertiary/aromatic N) is 2. The van der Waals surface area contributed by atoms with E-state index in [0.29, 0.717) is 37.9 Å². The topological polar surface area (TPSA) is 55.1 Å². The SMILES string of the molecule is Cc1c(C(=O)O)nn(-c2cc(C3CCC3)c(Cl)cc2Cl)c1-c1ccc(Cl)cc1. The largest absolute Gasteiger partial charge is 0.476 e. The lowest BCUT2D eigenvalue weighted by Gasteiger charge is -2.27. The van der Waals surface area contributed by atoms with Gasteiger partial charge in [0.15, 0.2) is 5.69 Å². The Morgan fingerprint density at radius 3 is 2.36 bits per heavy atom. The number of carboxylic acids is 1. The van der Waals surface area contributed by atoms with Crippen molar-refractivity contribution in [3.05, 3.63) is 68.3 Å². The van der Waals surface area contributed by atoms with Crippen molar-refractivity contribution in [1.29, 1.82) is 0 Å². The summed E-state index contributed by atoms with van der Waals surface area (Å²) in [5.41, 5.74) is 3.66. The minimum atomic E-state index is -1.09. The maximum Gasteiger partial charge on any atom is 0.356 e. The molecular weight excluding hydrogens is 419 g/mol. The Balaban J connectivity index is 1.96. The second kappa shape index (κ2) is 7.43. The quantitative estimate of drug-likeness (QED) is 0.492. The Morgan fingerprint density at radius 1 is 1.11 bits per heavy atom. The number of halogens is 3. The highest BCUT2D eigenvalue weighted by Gasteiger charge is 2.26. The van der Waals surface area contributed by atoms with E-state index in [2.05, 4.69) is 5.10 Å². The van der Waals surface area contributed by atoms with E-state index in [1.165, 1.54) is 6.42 Å². The third-order valence-corrected chi connectivity index (χ3v) is 6.16. The molecule has 1 aliphatic rings. The number of aromatic nitrogens is 2. The van der Waals surface area contributed by atoms with Crippen LogP contribution in [0.2, 0.25) is 15.1 Å². The van der Waals surface area contributed by atoms with Gasteiger partial charge < -0.3 is 5.11 Å².